The molecule has 97 valence electrons. The number of ketones is 1. The normalized spacial score (nSPS) is 10.3. The van der Waals surface area contributed by atoms with Crippen LogP contribution in [0, 0.1) is 6.33 Å². The van der Waals surface area contributed by atoms with E-state index in [9.17, 15) is 4.79 Å². The van der Waals surface area contributed by atoms with Gasteiger partial charge in [0, 0.05) is 12.6 Å². The molecule has 0 saturated carbocycles. The van der Waals surface area contributed by atoms with Gasteiger partial charge in [-0.2, -0.15) is 0 Å². The van der Waals surface area contributed by atoms with Gasteiger partial charge in [-0.05, 0) is 30.9 Å². The van der Waals surface area contributed by atoms with Crippen LogP contribution in [0.25, 0.3) is 0 Å². The van der Waals surface area contributed by atoms with E-state index in [-0.39, 0.29) is 5.78 Å². The number of rotatable bonds is 7. The molecule has 0 saturated heterocycles. The van der Waals surface area contributed by atoms with Crippen molar-refractivity contribution in [3.63, 3.8) is 0 Å². The van der Waals surface area contributed by atoms with Gasteiger partial charge in [-0.15, -0.1) is 0 Å². The molecule has 0 amide bonds. The third kappa shape index (κ3) is 4.62. The van der Waals surface area contributed by atoms with E-state index in [1.807, 2.05) is 6.07 Å². The minimum absolute atomic E-state index is 0.0818. The number of aromatic nitrogens is 2. The lowest BCUT2D eigenvalue weighted by molar-refractivity contribution is 0.0974. The van der Waals surface area contributed by atoms with Gasteiger partial charge in [-0.1, -0.05) is 36.8 Å². The first kappa shape index (κ1) is 13.4. The Morgan fingerprint density at radius 3 is 2.63 bits per heavy atom. The van der Waals surface area contributed by atoms with Gasteiger partial charge in [0.05, 0.1) is 0 Å². The molecule has 1 aromatic carbocycles. The fourth-order valence-electron chi connectivity index (χ4n) is 1.98. The molecule has 3 heteroatoms. The van der Waals surface area contributed by atoms with Crippen molar-refractivity contribution in [2.45, 2.75) is 32.1 Å². The lowest BCUT2D eigenvalue weighted by Gasteiger charge is -2.01. The van der Waals surface area contributed by atoms with Crippen LogP contribution < -0.4 is 0 Å². The van der Waals surface area contributed by atoms with E-state index in [1.165, 1.54) is 5.56 Å². The van der Waals surface area contributed by atoms with Crippen molar-refractivity contribution < 1.29 is 4.79 Å². The summed E-state index contributed by atoms with van der Waals surface area (Å²) >= 11 is 0. The van der Waals surface area contributed by atoms with Crippen molar-refractivity contribution in [3.05, 3.63) is 60.2 Å². The van der Waals surface area contributed by atoms with Crippen LogP contribution in [0.5, 0.6) is 0 Å². The molecule has 0 atom stereocenters. The molecule has 0 fully saturated rings. The Kier molecular flexibility index (Phi) is 5.23. The first-order valence-corrected chi connectivity index (χ1v) is 6.62. The van der Waals surface area contributed by atoms with E-state index in [0.717, 1.165) is 25.7 Å². The van der Waals surface area contributed by atoms with Crippen molar-refractivity contribution in [2.24, 2.45) is 0 Å². The van der Waals surface area contributed by atoms with Gasteiger partial charge >= 0.3 is 0 Å². The Hall–Kier alpha value is -2.03. The molecule has 1 heterocycles. The van der Waals surface area contributed by atoms with Gasteiger partial charge < -0.3 is 0 Å². The predicted molar refractivity (Wildman–Crippen MR) is 73.8 cm³/mol. The zero-order valence-corrected chi connectivity index (χ0v) is 10.9. The molecule has 0 aliphatic rings. The van der Waals surface area contributed by atoms with Crippen molar-refractivity contribution >= 4 is 5.78 Å². The molecule has 19 heavy (non-hydrogen) atoms. The Balaban J connectivity index is 1.63. The van der Waals surface area contributed by atoms with Crippen LogP contribution in [-0.4, -0.2) is 15.8 Å². The van der Waals surface area contributed by atoms with E-state index in [4.69, 9.17) is 0 Å². The maximum Gasteiger partial charge on any atom is 0.198 e. The van der Waals surface area contributed by atoms with Crippen LogP contribution in [0.3, 0.4) is 0 Å². The van der Waals surface area contributed by atoms with Gasteiger partial charge in [-0.25, -0.2) is 9.97 Å². The topological polar surface area (TPSA) is 42.9 Å². The van der Waals surface area contributed by atoms with Gasteiger partial charge in [0.1, 0.15) is 5.69 Å². The number of unbranched alkanes of at least 4 members (excludes halogenated alkanes) is 2. The van der Waals surface area contributed by atoms with Crippen LogP contribution in [0.15, 0.2) is 42.6 Å². The number of aryl methyl sites for hydroxylation is 1. The van der Waals surface area contributed by atoms with E-state index < -0.39 is 0 Å². The fourth-order valence-corrected chi connectivity index (χ4v) is 1.98. The minimum Gasteiger partial charge on any atom is -0.292 e. The summed E-state index contributed by atoms with van der Waals surface area (Å²) in [7, 11) is 0. The van der Waals surface area contributed by atoms with Crippen LogP contribution >= 0.6 is 0 Å². The maximum atomic E-state index is 11.8. The quantitative estimate of drug-likeness (QED) is 0.562. The SMILES string of the molecule is O=C(CCCCCc1ccccc1)c1ccn[c]n1. The number of benzene rings is 1. The molecule has 0 aliphatic carbocycles. The van der Waals surface area contributed by atoms with Crippen molar-refractivity contribution in [2.75, 3.05) is 0 Å². The Morgan fingerprint density at radius 1 is 1.05 bits per heavy atom. The smallest absolute Gasteiger partial charge is 0.198 e. The first-order valence-electron chi connectivity index (χ1n) is 6.62. The van der Waals surface area contributed by atoms with E-state index in [0.29, 0.717) is 12.1 Å². The summed E-state index contributed by atoms with van der Waals surface area (Å²) < 4.78 is 0. The Labute approximate surface area is 113 Å². The molecule has 0 N–H and O–H groups in total. The molecule has 0 aliphatic heterocycles. The number of hydrogen-bond donors (Lipinski definition) is 0. The number of carbonyl (C=O) groups excluding carboxylic acids is 1. The molecule has 0 unspecified atom stereocenters. The Morgan fingerprint density at radius 2 is 1.89 bits per heavy atom. The molecular weight excluding hydrogens is 236 g/mol. The second-order valence-electron chi connectivity index (χ2n) is 4.51. The average molecular weight is 253 g/mol. The third-order valence-electron chi connectivity index (χ3n) is 3.03. The van der Waals surface area contributed by atoms with Crippen LogP contribution in [0.2, 0.25) is 0 Å². The van der Waals surface area contributed by atoms with Gasteiger partial charge in [-0.3, -0.25) is 4.79 Å². The molecule has 2 rings (SSSR count). The van der Waals surface area contributed by atoms with Gasteiger partial charge in [0.15, 0.2) is 12.1 Å². The summed E-state index contributed by atoms with van der Waals surface area (Å²) in [6, 6.07) is 12.1. The van der Waals surface area contributed by atoms with Gasteiger partial charge in [0.25, 0.3) is 0 Å². The maximum absolute atomic E-state index is 11.8. The number of carbonyl (C=O) groups is 1. The number of hydrogen-bond acceptors (Lipinski definition) is 3. The van der Waals surface area contributed by atoms with Crippen molar-refractivity contribution in [1.82, 2.24) is 9.97 Å². The monoisotopic (exact) mass is 253 g/mol. The summed E-state index contributed by atoms with van der Waals surface area (Å²) in [4.78, 5) is 19.3. The highest BCUT2D eigenvalue weighted by atomic mass is 16.1. The number of nitrogens with zero attached hydrogens (tertiary/aromatic N) is 2. The summed E-state index contributed by atoms with van der Waals surface area (Å²) in [6.07, 6.45) is 8.73. The highest BCUT2D eigenvalue weighted by molar-refractivity contribution is 5.93. The second-order valence-corrected chi connectivity index (χ2v) is 4.51. The lowest BCUT2D eigenvalue weighted by Crippen LogP contribution is -2.02. The molecule has 3 nitrogen and oxygen atoms in total. The highest BCUT2D eigenvalue weighted by Crippen LogP contribution is 2.09. The van der Waals surface area contributed by atoms with Gasteiger partial charge in [0.2, 0.25) is 0 Å². The van der Waals surface area contributed by atoms with Crippen molar-refractivity contribution in [3.8, 4) is 0 Å². The molecule has 1 radical (unpaired) electrons. The van der Waals surface area contributed by atoms with Crippen LogP contribution in [0.1, 0.15) is 41.7 Å². The average Bonchev–Trinajstić information content (AvgIpc) is 2.49. The zero-order valence-electron chi connectivity index (χ0n) is 10.9. The third-order valence-corrected chi connectivity index (χ3v) is 3.03. The standard InChI is InChI=1S/C16H17N2O/c19-16(15-11-12-17-13-18-15)10-6-2-5-9-14-7-3-1-4-8-14/h1,3-4,7-8,11-12H,2,5-6,9-10H2. The van der Waals surface area contributed by atoms with Crippen LogP contribution in [-0.2, 0) is 6.42 Å². The summed E-state index contributed by atoms with van der Waals surface area (Å²) in [6.45, 7) is 0. The largest absolute Gasteiger partial charge is 0.292 e. The molecule has 0 spiro atoms. The fraction of sp³-hybridized carbons (Fsp3) is 0.312. The van der Waals surface area contributed by atoms with Crippen molar-refractivity contribution in [1.29, 1.82) is 0 Å². The predicted octanol–water partition coefficient (Wildman–Crippen LogP) is 3.26. The zero-order chi connectivity index (χ0) is 13.3. The first-order chi connectivity index (χ1) is 9.36. The summed E-state index contributed by atoms with van der Waals surface area (Å²) in [5, 5.41) is 0. The van der Waals surface area contributed by atoms with E-state index in [2.05, 4.69) is 40.6 Å². The molecule has 0 bridgehead atoms. The lowest BCUT2D eigenvalue weighted by atomic mass is 10.0. The molecule has 2 aromatic rings. The minimum atomic E-state index is 0.0818. The summed E-state index contributed by atoms with van der Waals surface area (Å²) in [5.41, 5.74) is 1.83. The second kappa shape index (κ2) is 7.41. The highest BCUT2D eigenvalue weighted by Gasteiger charge is 2.06. The molecule has 1 aromatic heterocycles. The summed E-state index contributed by atoms with van der Waals surface area (Å²) in [5.74, 6) is 0.0818. The van der Waals surface area contributed by atoms with Crippen LogP contribution in [0.4, 0.5) is 0 Å². The van der Waals surface area contributed by atoms with E-state index in [1.54, 1.807) is 12.3 Å². The Bertz CT molecular complexity index is 497. The number of Topliss-reactive ketones (excluding diaryl/α,β-unsaturated/α-hetero) is 1. The molecular formula is C16H17N2O. The van der Waals surface area contributed by atoms with E-state index >= 15 is 0 Å².